The SMILES string of the molecule is CCN(CC)C(=O)c1cc(NCC(O)CC(C)C)ccn1. The Morgan fingerprint density at radius 3 is 2.62 bits per heavy atom. The van der Waals surface area contributed by atoms with Gasteiger partial charge in [0.05, 0.1) is 6.10 Å². The molecule has 1 rings (SSSR count). The summed E-state index contributed by atoms with van der Waals surface area (Å²) < 4.78 is 0. The molecule has 2 N–H and O–H groups in total. The molecule has 5 heteroatoms. The number of carbonyl (C=O) groups is 1. The highest BCUT2D eigenvalue weighted by atomic mass is 16.3. The summed E-state index contributed by atoms with van der Waals surface area (Å²) in [6, 6.07) is 3.55. The van der Waals surface area contributed by atoms with E-state index in [1.54, 1.807) is 23.2 Å². The van der Waals surface area contributed by atoms with Crippen molar-refractivity contribution in [3.8, 4) is 0 Å². The van der Waals surface area contributed by atoms with Crippen LogP contribution in [0.15, 0.2) is 18.3 Å². The number of pyridine rings is 1. The first-order valence-corrected chi connectivity index (χ1v) is 7.65. The van der Waals surface area contributed by atoms with Crippen LogP contribution in [0.5, 0.6) is 0 Å². The molecule has 0 bridgehead atoms. The van der Waals surface area contributed by atoms with Gasteiger partial charge in [-0.2, -0.15) is 0 Å². The van der Waals surface area contributed by atoms with Gasteiger partial charge in [-0.25, -0.2) is 0 Å². The third-order valence-corrected chi connectivity index (χ3v) is 3.32. The molecule has 21 heavy (non-hydrogen) atoms. The first-order chi connectivity index (χ1) is 9.97. The Morgan fingerprint density at radius 2 is 2.05 bits per heavy atom. The van der Waals surface area contributed by atoms with E-state index in [0.717, 1.165) is 12.1 Å². The molecule has 1 heterocycles. The number of amides is 1. The van der Waals surface area contributed by atoms with Crippen LogP contribution in [0.4, 0.5) is 5.69 Å². The number of aromatic nitrogens is 1. The van der Waals surface area contributed by atoms with Crippen LogP contribution in [-0.2, 0) is 0 Å². The van der Waals surface area contributed by atoms with Crippen LogP contribution in [0.1, 0.15) is 44.6 Å². The van der Waals surface area contributed by atoms with Gasteiger partial charge in [-0.15, -0.1) is 0 Å². The van der Waals surface area contributed by atoms with Gasteiger partial charge in [0.2, 0.25) is 0 Å². The molecule has 0 fully saturated rings. The van der Waals surface area contributed by atoms with Crippen molar-refractivity contribution in [3.63, 3.8) is 0 Å². The molecule has 0 aromatic carbocycles. The molecule has 0 saturated carbocycles. The van der Waals surface area contributed by atoms with E-state index in [2.05, 4.69) is 24.1 Å². The summed E-state index contributed by atoms with van der Waals surface area (Å²) in [5.41, 5.74) is 1.24. The maximum absolute atomic E-state index is 12.2. The molecule has 5 nitrogen and oxygen atoms in total. The average molecular weight is 293 g/mol. The van der Waals surface area contributed by atoms with Crippen molar-refractivity contribution >= 4 is 11.6 Å². The second-order valence-electron chi connectivity index (χ2n) is 5.57. The summed E-state index contributed by atoms with van der Waals surface area (Å²) in [6.45, 7) is 9.87. The molecule has 0 aliphatic heterocycles. The minimum absolute atomic E-state index is 0.0635. The molecule has 0 saturated heterocycles. The van der Waals surface area contributed by atoms with Crippen molar-refractivity contribution in [1.29, 1.82) is 0 Å². The topological polar surface area (TPSA) is 65.5 Å². The number of anilines is 1. The van der Waals surface area contributed by atoms with Crippen LogP contribution in [0.2, 0.25) is 0 Å². The molecule has 1 atom stereocenters. The molecule has 0 spiro atoms. The third-order valence-electron chi connectivity index (χ3n) is 3.32. The molecule has 1 aromatic rings. The summed E-state index contributed by atoms with van der Waals surface area (Å²) in [6.07, 6.45) is 1.98. The second-order valence-corrected chi connectivity index (χ2v) is 5.57. The van der Waals surface area contributed by atoms with Crippen LogP contribution >= 0.6 is 0 Å². The van der Waals surface area contributed by atoms with Crippen molar-refractivity contribution < 1.29 is 9.90 Å². The smallest absolute Gasteiger partial charge is 0.272 e. The Balaban J connectivity index is 2.66. The van der Waals surface area contributed by atoms with Gasteiger partial charge >= 0.3 is 0 Å². The fourth-order valence-electron chi connectivity index (χ4n) is 2.19. The lowest BCUT2D eigenvalue weighted by molar-refractivity contribution is 0.0767. The maximum atomic E-state index is 12.2. The largest absolute Gasteiger partial charge is 0.391 e. The van der Waals surface area contributed by atoms with Crippen molar-refractivity contribution in [1.82, 2.24) is 9.88 Å². The Labute approximate surface area is 127 Å². The van der Waals surface area contributed by atoms with Gasteiger partial charge in [-0.05, 0) is 38.3 Å². The molecule has 118 valence electrons. The van der Waals surface area contributed by atoms with Gasteiger partial charge in [0.15, 0.2) is 0 Å². The lowest BCUT2D eigenvalue weighted by atomic mass is 10.1. The van der Waals surface area contributed by atoms with Crippen molar-refractivity contribution in [3.05, 3.63) is 24.0 Å². The summed E-state index contributed by atoms with van der Waals surface area (Å²) in [5.74, 6) is 0.394. The van der Waals surface area contributed by atoms with Crippen LogP contribution in [-0.4, -0.2) is 46.6 Å². The van der Waals surface area contributed by atoms with Crippen LogP contribution < -0.4 is 5.32 Å². The summed E-state index contributed by atoms with van der Waals surface area (Å²) in [5, 5.41) is 13.0. The van der Waals surface area contributed by atoms with Gasteiger partial charge < -0.3 is 15.3 Å². The summed E-state index contributed by atoms with van der Waals surface area (Å²) in [7, 11) is 0. The fraction of sp³-hybridized carbons (Fsp3) is 0.625. The molecule has 0 aliphatic carbocycles. The highest BCUT2D eigenvalue weighted by Crippen LogP contribution is 2.11. The highest BCUT2D eigenvalue weighted by Gasteiger charge is 2.14. The lowest BCUT2D eigenvalue weighted by Crippen LogP contribution is -2.31. The monoisotopic (exact) mass is 293 g/mol. The zero-order valence-corrected chi connectivity index (χ0v) is 13.5. The second kappa shape index (κ2) is 8.62. The zero-order chi connectivity index (χ0) is 15.8. The fourth-order valence-corrected chi connectivity index (χ4v) is 2.19. The van der Waals surface area contributed by atoms with E-state index in [9.17, 15) is 9.90 Å². The predicted molar refractivity (Wildman–Crippen MR) is 85.4 cm³/mol. The summed E-state index contributed by atoms with van der Waals surface area (Å²) in [4.78, 5) is 18.1. The van der Waals surface area contributed by atoms with Crippen LogP contribution in [0.25, 0.3) is 0 Å². The number of aliphatic hydroxyl groups is 1. The van der Waals surface area contributed by atoms with E-state index in [-0.39, 0.29) is 12.0 Å². The quantitative estimate of drug-likeness (QED) is 0.772. The number of carbonyl (C=O) groups excluding carboxylic acids is 1. The number of nitrogens with one attached hydrogen (secondary N) is 1. The Morgan fingerprint density at radius 1 is 1.38 bits per heavy atom. The van der Waals surface area contributed by atoms with E-state index < -0.39 is 0 Å². The van der Waals surface area contributed by atoms with E-state index in [1.165, 1.54) is 0 Å². The summed E-state index contributed by atoms with van der Waals surface area (Å²) >= 11 is 0. The lowest BCUT2D eigenvalue weighted by Gasteiger charge is -2.19. The number of hydrogen-bond acceptors (Lipinski definition) is 4. The molecule has 1 unspecified atom stereocenters. The normalized spacial score (nSPS) is 12.3. The van der Waals surface area contributed by atoms with Crippen molar-refractivity contribution in [2.24, 2.45) is 5.92 Å². The van der Waals surface area contributed by atoms with Gasteiger partial charge in [-0.3, -0.25) is 9.78 Å². The van der Waals surface area contributed by atoms with Gasteiger partial charge in [0, 0.05) is 31.5 Å². The van der Waals surface area contributed by atoms with E-state index in [4.69, 9.17) is 0 Å². The minimum atomic E-state index is -0.389. The first-order valence-electron chi connectivity index (χ1n) is 7.65. The molecular formula is C16H27N3O2. The average Bonchev–Trinajstić information content (AvgIpc) is 2.46. The van der Waals surface area contributed by atoms with Gasteiger partial charge in [0.25, 0.3) is 5.91 Å². The first kappa shape index (κ1) is 17.4. The van der Waals surface area contributed by atoms with Gasteiger partial charge in [0.1, 0.15) is 5.69 Å². The Hall–Kier alpha value is -1.62. The Kier molecular flexibility index (Phi) is 7.15. The number of nitrogens with zero attached hydrogens (tertiary/aromatic N) is 2. The molecule has 0 aliphatic rings. The van der Waals surface area contributed by atoms with Crippen LogP contribution in [0, 0.1) is 5.92 Å². The maximum Gasteiger partial charge on any atom is 0.272 e. The minimum Gasteiger partial charge on any atom is -0.391 e. The molecular weight excluding hydrogens is 266 g/mol. The highest BCUT2D eigenvalue weighted by molar-refractivity contribution is 5.93. The molecule has 1 amide bonds. The van der Waals surface area contributed by atoms with E-state index in [1.807, 2.05) is 13.8 Å². The van der Waals surface area contributed by atoms with Crippen molar-refractivity contribution in [2.75, 3.05) is 25.0 Å². The standard InChI is InChI=1S/C16H27N3O2/c1-5-19(6-2)16(21)15-10-13(7-8-17-15)18-11-14(20)9-12(3)4/h7-8,10,12,14,20H,5-6,9,11H2,1-4H3,(H,17,18). The Bertz CT molecular complexity index is 445. The number of hydrogen-bond donors (Lipinski definition) is 2. The van der Waals surface area contributed by atoms with Gasteiger partial charge in [-0.1, -0.05) is 13.8 Å². The van der Waals surface area contributed by atoms with E-state index >= 15 is 0 Å². The molecule has 0 radical (unpaired) electrons. The number of rotatable bonds is 8. The van der Waals surface area contributed by atoms with Crippen LogP contribution in [0.3, 0.4) is 0 Å². The predicted octanol–water partition coefficient (Wildman–Crippen LogP) is 2.38. The molecule has 1 aromatic heterocycles. The van der Waals surface area contributed by atoms with Crippen molar-refractivity contribution in [2.45, 2.75) is 40.2 Å². The van der Waals surface area contributed by atoms with E-state index in [0.29, 0.717) is 31.2 Å². The third kappa shape index (κ3) is 5.71. The zero-order valence-electron chi connectivity index (χ0n) is 13.5. The number of aliphatic hydroxyl groups excluding tert-OH is 1.